The van der Waals surface area contributed by atoms with Crippen LogP contribution >= 0.6 is 15.9 Å². The molecule has 1 saturated heterocycles. The van der Waals surface area contributed by atoms with Gasteiger partial charge < -0.3 is 15.0 Å². The number of hydrogen-bond donors (Lipinski definition) is 1. The molecule has 1 unspecified atom stereocenters. The fourth-order valence-electron chi connectivity index (χ4n) is 2.40. The van der Waals surface area contributed by atoms with Gasteiger partial charge in [-0.25, -0.2) is 13.6 Å². The highest BCUT2D eigenvalue weighted by atomic mass is 79.9. The first-order valence-electron chi connectivity index (χ1n) is 7.51. The zero-order chi connectivity index (χ0) is 18.1. The molecule has 1 heterocycles. The average Bonchev–Trinajstić information content (AvgIpc) is 2.90. The summed E-state index contributed by atoms with van der Waals surface area (Å²) in [4.78, 5) is 25.5. The number of carbonyl (C=O) groups is 2. The summed E-state index contributed by atoms with van der Waals surface area (Å²) in [5.41, 5.74) is -0.940. The van der Waals surface area contributed by atoms with Gasteiger partial charge in [0.1, 0.15) is 5.60 Å². The average molecular weight is 405 g/mol. The number of ether oxygens (including phenoxy) is 1. The van der Waals surface area contributed by atoms with Gasteiger partial charge in [0.05, 0.1) is 16.1 Å². The Morgan fingerprint density at radius 2 is 1.96 bits per heavy atom. The predicted molar refractivity (Wildman–Crippen MR) is 87.7 cm³/mol. The summed E-state index contributed by atoms with van der Waals surface area (Å²) in [6.45, 7) is 5.82. The Balaban J connectivity index is 1.99. The van der Waals surface area contributed by atoms with E-state index in [-0.39, 0.29) is 22.6 Å². The van der Waals surface area contributed by atoms with E-state index in [1.165, 1.54) is 17.0 Å². The molecule has 0 saturated carbocycles. The standard InChI is InChI=1S/C16H19BrF2N2O3/c1-16(2,3)24-15(23)20-9-6-7-21(8-9)14(22)10-4-5-11(17)13(19)12(10)18/h4-5,9H,6-8H2,1-3H3,(H,20,23). The predicted octanol–water partition coefficient (Wildman–Crippen LogP) is 3.47. The maximum atomic E-state index is 13.9. The van der Waals surface area contributed by atoms with E-state index in [4.69, 9.17) is 4.74 Å². The second kappa shape index (κ2) is 7.04. The van der Waals surface area contributed by atoms with Crippen molar-refractivity contribution in [2.24, 2.45) is 0 Å². The molecular formula is C16H19BrF2N2O3. The molecule has 1 aliphatic heterocycles. The third kappa shape index (κ3) is 4.43. The van der Waals surface area contributed by atoms with Crippen molar-refractivity contribution in [3.63, 3.8) is 0 Å². The summed E-state index contributed by atoms with van der Waals surface area (Å²) in [5, 5.41) is 2.68. The molecule has 0 radical (unpaired) electrons. The summed E-state index contributed by atoms with van der Waals surface area (Å²) >= 11 is 2.87. The number of hydrogen-bond acceptors (Lipinski definition) is 3. The fraction of sp³-hybridized carbons (Fsp3) is 0.500. The maximum absolute atomic E-state index is 13.9. The molecule has 2 amide bonds. The van der Waals surface area contributed by atoms with Crippen LogP contribution in [0.15, 0.2) is 16.6 Å². The first kappa shape index (κ1) is 18.6. The van der Waals surface area contributed by atoms with Crippen LogP contribution < -0.4 is 5.32 Å². The Bertz CT molecular complexity index is 661. The zero-order valence-electron chi connectivity index (χ0n) is 13.7. The summed E-state index contributed by atoms with van der Waals surface area (Å²) < 4.78 is 32.6. The Hall–Kier alpha value is -1.70. The first-order chi connectivity index (χ1) is 11.1. The van der Waals surface area contributed by atoms with E-state index >= 15 is 0 Å². The van der Waals surface area contributed by atoms with Crippen molar-refractivity contribution in [1.29, 1.82) is 0 Å². The van der Waals surface area contributed by atoms with E-state index in [0.29, 0.717) is 13.0 Å². The van der Waals surface area contributed by atoms with Crippen LogP contribution in [-0.4, -0.2) is 41.6 Å². The summed E-state index contributed by atoms with van der Waals surface area (Å²) in [6.07, 6.45) is -0.0475. The van der Waals surface area contributed by atoms with Crippen molar-refractivity contribution >= 4 is 27.9 Å². The normalized spacial score (nSPS) is 17.8. The number of amides is 2. The van der Waals surface area contributed by atoms with Crippen LogP contribution in [0.1, 0.15) is 37.6 Å². The van der Waals surface area contributed by atoms with Gasteiger partial charge in [0.25, 0.3) is 5.91 Å². The lowest BCUT2D eigenvalue weighted by atomic mass is 10.2. The van der Waals surface area contributed by atoms with E-state index in [2.05, 4.69) is 21.2 Å². The van der Waals surface area contributed by atoms with Crippen LogP contribution in [-0.2, 0) is 4.74 Å². The second-order valence-electron chi connectivity index (χ2n) is 6.61. The Labute approximate surface area is 147 Å². The molecule has 1 atom stereocenters. The molecule has 0 aromatic heterocycles. The van der Waals surface area contributed by atoms with Crippen LogP contribution in [0.25, 0.3) is 0 Å². The van der Waals surface area contributed by atoms with E-state index in [1.807, 2.05) is 0 Å². The zero-order valence-corrected chi connectivity index (χ0v) is 15.2. The van der Waals surface area contributed by atoms with Crippen molar-refractivity contribution in [2.75, 3.05) is 13.1 Å². The number of halogens is 3. The number of likely N-dealkylation sites (tertiary alicyclic amines) is 1. The molecule has 5 nitrogen and oxygen atoms in total. The van der Waals surface area contributed by atoms with Crippen LogP contribution in [0, 0.1) is 11.6 Å². The van der Waals surface area contributed by atoms with Crippen molar-refractivity contribution < 1.29 is 23.1 Å². The van der Waals surface area contributed by atoms with Crippen LogP contribution in [0.3, 0.4) is 0 Å². The van der Waals surface area contributed by atoms with Gasteiger partial charge in [-0.15, -0.1) is 0 Å². The molecule has 1 aromatic carbocycles. The van der Waals surface area contributed by atoms with Crippen molar-refractivity contribution in [1.82, 2.24) is 10.2 Å². The summed E-state index contributed by atoms with van der Waals surface area (Å²) in [7, 11) is 0. The highest BCUT2D eigenvalue weighted by Gasteiger charge is 2.31. The smallest absolute Gasteiger partial charge is 0.407 e. The molecule has 132 valence electrons. The Kier molecular flexibility index (Phi) is 5.47. The fourth-order valence-corrected chi connectivity index (χ4v) is 2.70. The quantitative estimate of drug-likeness (QED) is 0.767. The second-order valence-corrected chi connectivity index (χ2v) is 7.46. The number of carbonyl (C=O) groups excluding carboxylic acids is 2. The molecule has 0 bridgehead atoms. The summed E-state index contributed by atoms with van der Waals surface area (Å²) in [5.74, 6) is -2.88. The maximum Gasteiger partial charge on any atom is 0.407 e. The van der Waals surface area contributed by atoms with Gasteiger partial charge in [0.2, 0.25) is 0 Å². The molecule has 1 N–H and O–H groups in total. The molecule has 1 aromatic rings. The molecule has 2 rings (SSSR count). The van der Waals surface area contributed by atoms with Gasteiger partial charge in [0, 0.05) is 13.1 Å². The van der Waals surface area contributed by atoms with E-state index in [9.17, 15) is 18.4 Å². The lowest BCUT2D eigenvalue weighted by molar-refractivity contribution is 0.0502. The Morgan fingerprint density at radius 1 is 1.29 bits per heavy atom. The van der Waals surface area contributed by atoms with Crippen molar-refractivity contribution in [3.05, 3.63) is 33.8 Å². The lowest BCUT2D eigenvalue weighted by Crippen LogP contribution is -2.41. The van der Waals surface area contributed by atoms with Crippen molar-refractivity contribution in [3.8, 4) is 0 Å². The molecule has 1 aliphatic rings. The number of rotatable bonds is 2. The minimum Gasteiger partial charge on any atom is -0.444 e. The first-order valence-corrected chi connectivity index (χ1v) is 8.30. The number of nitrogens with one attached hydrogen (secondary N) is 1. The van der Waals surface area contributed by atoms with Crippen LogP contribution in [0.5, 0.6) is 0 Å². The third-order valence-electron chi connectivity index (χ3n) is 3.46. The minimum absolute atomic E-state index is 0.0394. The molecule has 8 heteroatoms. The van der Waals surface area contributed by atoms with E-state index < -0.39 is 29.2 Å². The van der Waals surface area contributed by atoms with Crippen molar-refractivity contribution in [2.45, 2.75) is 38.8 Å². The molecule has 0 spiro atoms. The highest BCUT2D eigenvalue weighted by Crippen LogP contribution is 2.23. The molecule has 24 heavy (non-hydrogen) atoms. The van der Waals surface area contributed by atoms with Gasteiger partial charge in [-0.1, -0.05) is 0 Å². The van der Waals surface area contributed by atoms with Crippen LogP contribution in [0.4, 0.5) is 13.6 Å². The monoisotopic (exact) mass is 404 g/mol. The van der Waals surface area contributed by atoms with Crippen LogP contribution in [0.2, 0.25) is 0 Å². The van der Waals surface area contributed by atoms with Gasteiger partial charge in [-0.3, -0.25) is 4.79 Å². The minimum atomic E-state index is -1.18. The topological polar surface area (TPSA) is 58.6 Å². The van der Waals surface area contributed by atoms with Gasteiger partial charge in [-0.05, 0) is 55.3 Å². The van der Waals surface area contributed by atoms with Gasteiger partial charge >= 0.3 is 6.09 Å². The SMILES string of the molecule is CC(C)(C)OC(=O)NC1CCN(C(=O)c2ccc(Br)c(F)c2F)C1. The summed E-state index contributed by atoms with van der Waals surface area (Å²) in [6, 6.07) is 2.24. The third-order valence-corrected chi connectivity index (χ3v) is 4.07. The van der Waals surface area contributed by atoms with E-state index in [1.54, 1.807) is 20.8 Å². The van der Waals surface area contributed by atoms with Gasteiger partial charge in [-0.2, -0.15) is 0 Å². The van der Waals surface area contributed by atoms with Gasteiger partial charge in [0.15, 0.2) is 11.6 Å². The number of benzene rings is 1. The lowest BCUT2D eigenvalue weighted by Gasteiger charge is -2.22. The number of nitrogens with zero attached hydrogens (tertiary/aromatic N) is 1. The van der Waals surface area contributed by atoms with E-state index in [0.717, 1.165) is 0 Å². The number of alkyl carbamates (subject to hydrolysis) is 1. The Morgan fingerprint density at radius 3 is 2.58 bits per heavy atom. The highest BCUT2D eigenvalue weighted by molar-refractivity contribution is 9.10. The molecular weight excluding hydrogens is 386 g/mol. The molecule has 1 fully saturated rings. The molecule has 0 aliphatic carbocycles. The largest absolute Gasteiger partial charge is 0.444 e.